The van der Waals surface area contributed by atoms with Gasteiger partial charge in [0, 0.05) is 35.0 Å². The summed E-state index contributed by atoms with van der Waals surface area (Å²) in [5.74, 6) is 0.297. The van der Waals surface area contributed by atoms with Crippen LogP contribution in [0.1, 0.15) is 37.9 Å². The summed E-state index contributed by atoms with van der Waals surface area (Å²) < 4.78 is 0. The molecule has 0 spiro atoms. The summed E-state index contributed by atoms with van der Waals surface area (Å²) in [6.07, 6.45) is 2.20. The zero-order valence-electron chi connectivity index (χ0n) is 14.3. The molecule has 7 heteroatoms. The number of rotatable bonds is 6. The van der Waals surface area contributed by atoms with Crippen molar-refractivity contribution in [3.63, 3.8) is 0 Å². The van der Waals surface area contributed by atoms with Gasteiger partial charge in [0.15, 0.2) is 0 Å². The molecule has 24 heavy (non-hydrogen) atoms. The van der Waals surface area contributed by atoms with E-state index >= 15 is 0 Å². The van der Waals surface area contributed by atoms with Crippen LogP contribution in [0.25, 0.3) is 11.4 Å². The zero-order chi connectivity index (χ0) is 17.9. The van der Waals surface area contributed by atoms with Gasteiger partial charge < -0.3 is 15.4 Å². The minimum atomic E-state index is -0.821. The van der Waals surface area contributed by atoms with E-state index in [9.17, 15) is 9.59 Å². The van der Waals surface area contributed by atoms with Gasteiger partial charge in [-0.2, -0.15) is 0 Å². The molecule has 0 fully saturated rings. The Balaban J connectivity index is 2.16. The summed E-state index contributed by atoms with van der Waals surface area (Å²) in [6.45, 7) is 7.37. The van der Waals surface area contributed by atoms with Crippen LogP contribution in [-0.2, 0) is 4.79 Å². The van der Waals surface area contributed by atoms with Crippen molar-refractivity contribution in [3.8, 4) is 11.4 Å². The second kappa shape index (κ2) is 6.82. The smallest absolute Gasteiger partial charge is 0.303 e. The van der Waals surface area contributed by atoms with Crippen LogP contribution < -0.4 is 10.9 Å². The van der Waals surface area contributed by atoms with E-state index in [-0.39, 0.29) is 17.5 Å². The highest BCUT2D eigenvalue weighted by atomic mass is 16.4. The fraction of sp³-hybridized carbons (Fsp3) is 0.412. The molecular weight excluding hydrogens is 308 g/mol. The number of nitrogens with zero attached hydrogens (tertiary/aromatic N) is 2. The summed E-state index contributed by atoms with van der Waals surface area (Å²) in [5.41, 5.74) is 1.45. The average Bonchev–Trinajstić information content (AvgIpc) is 2.51. The minimum Gasteiger partial charge on any atom is -0.481 e. The molecule has 0 bridgehead atoms. The Kier molecular flexibility index (Phi) is 5.02. The van der Waals surface area contributed by atoms with Crippen LogP contribution in [0.2, 0.25) is 0 Å². The molecule has 3 N–H and O–H groups in total. The van der Waals surface area contributed by atoms with Gasteiger partial charge in [-0.1, -0.05) is 0 Å². The molecule has 2 aromatic heterocycles. The number of aryl methyl sites for hydroxylation is 1. The highest BCUT2D eigenvalue weighted by Gasteiger charge is 2.19. The lowest BCUT2D eigenvalue weighted by Gasteiger charge is -2.26. The second-order valence-electron chi connectivity index (χ2n) is 6.46. The normalized spacial score (nSPS) is 11.3. The predicted octanol–water partition coefficient (Wildman–Crippen LogP) is 2.50. The van der Waals surface area contributed by atoms with Crippen LogP contribution in [0.3, 0.4) is 0 Å². The summed E-state index contributed by atoms with van der Waals surface area (Å²) >= 11 is 0. The van der Waals surface area contributed by atoms with Crippen molar-refractivity contribution in [1.82, 2.24) is 15.0 Å². The molecule has 2 rings (SSSR count). The van der Waals surface area contributed by atoms with E-state index in [4.69, 9.17) is 5.11 Å². The standard InChI is InChI=1S/C17H22N4O3/c1-10-11(2)19-15(20-16(10)24)12-5-6-13(18-9-12)21-17(3,4)8-7-14(22)23/h5-6,9H,7-8H2,1-4H3,(H,18,21)(H,22,23)(H,19,20,24). The Morgan fingerprint density at radius 1 is 1.33 bits per heavy atom. The molecule has 0 saturated heterocycles. The van der Waals surface area contributed by atoms with Crippen LogP contribution in [0, 0.1) is 13.8 Å². The minimum absolute atomic E-state index is 0.0892. The number of pyridine rings is 1. The molecular formula is C17H22N4O3. The zero-order valence-corrected chi connectivity index (χ0v) is 14.3. The van der Waals surface area contributed by atoms with Crippen molar-refractivity contribution < 1.29 is 9.90 Å². The third-order valence-electron chi connectivity index (χ3n) is 3.86. The van der Waals surface area contributed by atoms with Crippen molar-refractivity contribution in [2.45, 2.75) is 46.1 Å². The maximum atomic E-state index is 11.8. The largest absolute Gasteiger partial charge is 0.481 e. The molecule has 0 aliphatic heterocycles. The maximum absolute atomic E-state index is 11.8. The first-order valence-corrected chi connectivity index (χ1v) is 7.72. The Morgan fingerprint density at radius 3 is 2.58 bits per heavy atom. The van der Waals surface area contributed by atoms with E-state index in [2.05, 4.69) is 20.3 Å². The highest BCUT2D eigenvalue weighted by Crippen LogP contribution is 2.20. The van der Waals surface area contributed by atoms with E-state index in [1.165, 1.54) is 0 Å². The van der Waals surface area contributed by atoms with Gasteiger partial charge in [-0.15, -0.1) is 0 Å². The molecule has 0 aliphatic rings. The van der Waals surface area contributed by atoms with Gasteiger partial charge in [-0.3, -0.25) is 9.59 Å². The van der Waals surface area contributed by atoms with Gasteiger partial charge in [0.1, 0.15) is 11.6 Å². The first-order chi connectivity index (χ1) is 11.2. The van der Waals surface area contributed by atoms with E-state index < -0.39 is 5.97 Å². The monoisotopic (exact) mass is 330 g/mol. The van der Waals surface area contributed by atoms with Crippen molar-refractivity contribution in [3.05, 3.63) is 39.9 Å². The van der Waals surface area contributed by atoms with Crippen LogP contribution in [0.5, 0.6) is 0 Å². The quantitative estimate of drug-likeness (QED) is 0.751. The molecule has 128 valence electrons. The number of aromatic nitrogens is 3. The van der Waals surface area contributed by atoms with Crippen LogP contribution in [0.4, 0.5) is 5.82 Å². The second-order valence-corrected chi connectivity index (χ2v) is 6.46. The van der Waals surface area contributed by atoms with Crippen molar-refractivity contribution in [2.75, 3.05) is 5.32 Å². The summed E-state index contributed by atoms with van der Waals surface area (Å²) in [6, 6.07) is 3.60. The van der Waals surface area contributed by atoms with E-state index in [0.29, 0.717) is 34.9 Å². The van der Waals surface area contributed by atoms with Crippen LogP contribution >= 0.6 is 0 Å². The lowest BCUT2D eigenvalue weighted by molar-refractivity contribution is -0.137. The lowest BCUT2D eigenvalue weighted by atomic mass is 9.98. The SMILES string of the molecule is Cc1nc(-c2ccc(NC(C)(C)CCC(=O)O)nc2)[nH]c(=O)c1C. The first kappa shape index (κ1) is 17.7. The molecule has 0 radical (unpaired) electrons. The molecule has 0 amide bonds. The van der Waals surface area contributed by atoms with Crippen molar-refractivity contribution in [1.29, 1.82) is 0 Å². The van der Waals surface area contributed by atoms with Crippen molar-refractivity contribution in [2.24, 2.45) is 0 Å². The Bertz CT molecular complexity index is 794. The van der Waals surface area contributed by atoms with Gasteiger partial charge >= 0.3 is 5.97 Å². The third-order valence-corrected chi connectivity index (χ3v) is 3.86. The summed E-state index contributed by atoms with van der Waals surface area (Å²) in [5, 5.41) is 12.0. The lowest BCUT2D eigenvalue weighted by Crippen LogP contribution is -2.31. The number of carboxylic acid groups (broad SMARTS) is 1. The summed E-state index contributed by atoms with van der Waals surface area (Å²) in [7, 11) is 0. The number of H-pyrrole nitrogens is 1. The number of anilines is 1. The van der Waals surface area contributed by atoms with Gasteiger partial charge in [0.25, 0.3) is 5.56 Å². The number of hydrogen-bond donors (Lipinski definition) is 3. The highest BCUT2D eigenvalue weighted by molar-refractivity contribution is 5.67. The average molecular weight is 330 g/mol. The Hall–Kier alpha value is -2.70. The molecule has 7 nitrogen and oxygen atoms in total. The van der Waals surface area contributed by atoms with E-state index in [1.54, 1.807) is 26.1 Å². The van der Waals surface area contributed by atoms with Crippen LogP contribution in [-0.4, -0.2) is 31.6 Å². The number of nitrogens with one attached hydrogen (secondary N) is 2. The number of hydrogen-bond acceptors (Lipinski definition) is 5. The third kappa shape index (κ3) is 4.41. The predicted molar refractivity (Wildman–Crippen MR) is 92.1 cm³/mol. The van der Waals surface area contributed by atoms with E-state index in [0.717, 1.165) is 0 Å². The number of carboxylic acids is 1. The molecule has 0 aromatic carbocycles. The molecule has 0 saturated carbocycles. The van der Waals surface area contributed by atoms with Gasteiger partial charge in [-0.25, -0.2) is 9.97 Å². The molecule has 0 atom stereocenters. The molecule has 2 heterocycles. The molecule has 0 aliphatic carbocycles. The van der Waals surface area contributed by atoms with Gasteiger partial charge in [0.2, 0.25) is 0 Å². The number of aliphatic carboxylic acids is 1. The molecule has 0 unspecified atom stereocenters. The Morgan fingerprint density at radius 2 is 2.04 bits per heavy atom. The van der Waals surface area contributed by atoms with Gasteiger partial charge in [-0.05, 0) is 46.2 Å². The number of carbonyl (C=O) groups is 1. The van der Waals surface area contributed by atoms with Crippen LogP contribution in [0.15, 0.2) is 23.1 Å². The molecule has 2 aromatic rings. The Labute approximate surface area is 140 Å². The number of aromatic amines is 1. The topological polar surface area (TPSA) is 108 Å². The van der Waals surface area contributed by atoms with Crippen molar-refractivity contribution >= 4 is 11.8 Å². The first-order valence-electron chi connectivity index (χ1n) is 7.72. The fourth-order valence-corrected chi connectivity index (χ4v) is 2.22. The maximum Gasteiger partial charge on any atom is 0.303 e. The van der Waals surface area contributed by atoms with E-state index in [1.807, 2.05) is 19.9 Å². The summed E-state index contributed by atoms with van der Waals surface area (Å²) in [4.78, 5) is 34.0. The fourth-order valence-electron chi connectivity index (χ4n) is 2.22. The van der Waals surface area contributed by atoms with Gasteiger partial charge in [0.05, 0.1) is 0 Å².